The largest absolute Gasteiger partial charge is 0.466 e. The van der Waals surface area contributed by atoms with Crippen molar-refractivity contribution in [2.45, 2.75) is 13.8 Å². The van der Waals surface area contributed by atoms with E-state index in [9.17, 15) is 0 Å². The first-order valence-corrected chi connectivity index (χ1v) is 5.38. The molecule has 14 heavy (non-hydrogen) atoms. The molecule has 80 valence electrons. The van der Waals surface area contributed by atoms with Crippen molar-refractivity contribution >= 4 is 13.5 Å². The fraction of sp³-hybridized carbons (Fsp3) is 0.250. The Labute approximate surface area is 82.4 Å². The molecule has 0 radical (unpaired) electrons. The number of rotatable bonds is 0. The summed E-state index contributed by atoms with van der Waals surface area (Å²) in [5.74, 6) is 0. The summed E-state index contributed by atoms with van der Waals surface area (Å²) in [6.45, 7) is 4.09. The highest BCUT2D eigenvalue weighted by Gasteiger charge is 2.00. The van der Waals surface area contributed by atoms with Crippen LogP contribution in [0.15, 0.2) is 18.2 Å². The molecule has 0 aromatic heterocycles. The van der Waals surface area contributed by atoms with Crippen LogP contribution in [0, 0.1) is 13.8 Å². The lowest BCUT2D eigenvalue weighted by atomic mass is 10.1. The monoisotopic (exact) mass is 219 g/mol. The van der Waals surface area contributed by atoms with E-state index >= 15 is 0 Å². The van der Waals surface area contributed by atoms with Crippen LogP contribution in [-0.2, 0) is 4.57 Å². The highest BCUT2D eigenvalue weighted by molar-refractivity contribution is 7.45. The van der Waals surface area contributed by atoms with Gasteiger partial charge in [-0.1, -0.05) is 12.1 Å². The summed E-state index contributed by atoms with van der Waals surface area (Å²) < 4.78 is 8.88. The van der Waals surface area contributed by atoms with Gasteiger partial charge >= 0.3 is 7.82 Å². The number of nitrogens with two attached hydrogens (primary N) is 1. The normalized spacial score (nSPS) is 10.4. The van der Waals surface area contributed by atoms with Crippen LogP contribution in [0.4, 0.5) is 5.69 Å². The van der Waals surface area contributed by atoms with Crippen molar-refractivity contribution in [3.63, 3.8) is 0 Å². The highest BCUT2D eigenvalue weighted by atomic mass is 31.2. The van der Waals surface area contributed by atoms with Crippen molar-refractivity contribution in [2.75, 3.05) is 5.73 Å². The lowest BCUT2D eigenvalue weighted by Crippen LogP contribution is -1.90. The average molecular weight is 219 g/mol. The van der Waals surface area contributed by atoms with Crippen LogP contribution >= 0.6 is 7.82 Å². The zero-order chi connectivity index (χ0) is 11.4. The Kier molecular flexibility index (Phi) is 4.80. The van der Waals surface area contributed by atoms with Gasteiger partial charge < -0.3 is 20.4 Å². The molecule has 0 saturated heterocycles. The Morgan fingerprint density at radius 1 is 1.21 bits per heavy atom. The maximum atomic E-state index is 8.88. The van der Waals surface area contributed by atoms with Gasteiger partial charge in [0.25, 0.3) is 0 Å². The smallest absolute Gasteiger partial charge is 0.399 e. The molecule has 6 heteroatoms. The molecule has 0 aliphatic carbocycles. The molecule has 1 rings (SSSR count). The van der Waals surface area contributed by atoms with Crippen LogP contribution in [0.5, 0.6) is 0 Å². The average Bonchev–Trinajstić information content (AvgIpc) is 1.97. The van der Waals surface area contributed by atoms with E-state index in [1.807, 2.05) is 19.1 Å². The van der Waals surface area contributed by atoms with Gasteiger partial charge in [-0.05, 0) is 31.0 Å². The van der Waals surface area contributed by atoms with E-state index in [2.05, 4.69) is 13.0 Å². The van der Waals surface area contributed by atoms with Crippen LogP contribution in [-0.4, -0.2) is 14.7 Å². The molecular formula is C8H14NO4P. The van der Waals surface area contributed by atoms with Crippen LogP contribution in [0.3, 0.4) is 0 Å². The van der Waals surface area contributed by atoms with Gasteiger partial charge in [-0.2, -0.15) is 0 Å². The first-order valence-electron chi connectivity index (χ1n) is 3.82. The summed E-state index contributed by atoms with van der Waals surface area (Å²) in [5.41, 5.74) is 8.96. The second kappa shape index (κ2) is 5.12. The van der Waals surface area contributed by atoms with Crippen molar-refractivity contribution in [1.82, 2.24) is 0 Å². The summed E-state index contributed by atoms with van der Waals surface area (Å²) in [6.07, 6.45) is 0. The van der Waals surface area contributed by atoms with E-state index < -0.39 is 7.82 Å². The van der Waals surface area contributed by atoms with Gasteiger partial charge in [0.05, 0.1) is 0 Å². The quantitative estimate of drug-likeness (QED) is 0.384. The number of hydrogen-bond acceptors (Lipinski definition) is 2. The topological polar surface area (TPSA) is 104 Å². The van der Waals surface area contributed by atoms with Gasteiger partial charge in [0.15, 0.2) is 0 Å². The standard InChI is InChI=1S/C8H11N.H3O4P/c1-6-4-3-5-8(9)7(6)2;1-5(2,3)4/h3-5H,9H2,1-2H3;(H3,1,2,3,4). The van der Waals surface area contributed by atoms with Crippen molar-refractivity contribution in [3.05, 3.63) is 29.3 Å². The number of hydrogen-bond donors (Lipinski definition) is 4. The SMILES string of the molecule is Cc1cccc(N)c1C.O=P(O)(O)O. The molecule has 0 unspecified atom stereocenters. The van der Waals surface area contributed by atoms with Gasteiger partial charge in [-0.3, -0.25) is 0 Å². The van der Waals surface area contributed by atoms with Crippen molar-refractivity contribution < 1.29 is 19.2 Å². The Hall–Kier alpha value is -0.870. The van der Waals surface area contributed by atoms with E-state index in [1.54, 1.807) is 0 Å². The Morgan fingerprint density at radius 2 is 1.64 bits per heavy atom. The lowest BCUT2D eigenvalue weighted by molar-refractivity contribution is 0.275. The molecule has 0 heterocycles. The van der Waals surface area contributed by atoms with Crippen molar-refractivity contribution in [3.8, 4) is 0 Å². The summed E-state index contributed by atoms with van der Waals surface area (Å²) in [7, 11) is -4.64. The second-order valence-corrected chi connectivity index (χ2v) is 3.83. The minimum atomic E-state index is -4.64. The first-order chi connectivity index (χ1) is 6.22. The van der Waals surface area contributed by atoms with Gasteiger partial charge in [0, 0.05) is 5.69 Å². The molecular weight excluding hydrogens is 205 g/mol. The van der Waals surface area contributed by atoms with E-state index in [0.717, 1.165) is 5.69 Å². The van der Waals surface area contributed by atoms with Crippen LogP contribution in [0.2, 0.25) is 0 Å². The molecule has 0 bridgehead atoms. The van der Waals surface area contributed by atoms with E-state index in [4.69, 9.17) is 25.0 Å². The number of nitrogen functional groups attached to an aromatic ring is 1. The molecule has 0 aliphatic rings. The summed E-state index contributed by atoms with van der Waals surface area (Å²) in [4.78, 5) is 21.6. The van der Waals surface area contributed by atoms with Crippen molar-refractivity contribution in [1.29, 1.82) is 0 Å². The summed E-state index contributed by atoms with van der Waals surface area (Å²) in [6, 6.07) is 5.95. The van der Waals surface area contributed by atoms with Crippen LogP contribution in [0.25, 0.3) is 0 Å². The molecule has 0 amide bonds. The maximum absolute atomic E-state index is 8.88. The first kappa shape index (κ1) is 13.1. The predicted octanol–water partition coefficient (Wildman–Crippen LogP) is 0.957. The zero-order valence-corrected chi connectivity index (χ0v) is 8.90. The van der Waals surface area contributed by atoms with Gasteiger partial charge in [0.2, 0.25) is 0 Å². The Morgan fingerprint density at radius 3 is 1.93 bits per heavy atom. The molecule has 1 aromatic carbocycles. The molecule has 0 saturated carbocycles. The number of anilines is 1. The summed E-state index contributed by atoms with van der Waals surface area (Å²) in [5, 5.41) is 0. The third-order valence-corrected chi connectivity index (χ3v) is 1.65. The summed E-state index contributed by atoms with van der Waals surface area (Å²) >= 11 is 0. The van der Waals surface area contributed by atoms with Crippen molar-refractivity contribution in [2.24, 2.45) is 0 Å². The van der Waals surface area contributed by atoms with E-state index in [-0.39, 0.29) is 0 Å². The maximum Gasteiger partial charge on any atom is 0.466 e. The van der Waals surface area contributed by atoms with Crippen LogP contribution in [0.1, 0.15) is 11.1 Å². The second-order valence-electron chi connectivity index (χ2n) is 2.80. The van der Waals surface area contributed by atoms with Gasteiger partial charge in [-0.25, -0.2) is 4.57 Å². The molecule has 5 N–H and O–H groups in total. The fourth-order valence-electron chi connectivity index (χ4n) is 0.774. The molecule has 1 aromatic rings. The lowest BCUT2D eigenvalue weighted by Gasteiger charge is -2.00. The third-order valence-electron chi connectivity index (χ3n) is 1.65. The van der Waals surface area contributed by atoms with E-state index in [0.29, 0.717) is 0 Å². The third kappa shape index (κ3) is 6.62. The molecule has 0 aliphatic heterocycles. The minimum Gasteiger partial charge on any atom is -0.399 e. The highest BCUT2D eigenvalue weighted by Crippen LogP contribution is 2.25. The minimum absolute atomic E-state index is 0.884. The van der Waals surface area contributed by atoms with Gasteiger partial charge in [-0.15, -0.1) is 0 Å². The van der Waals surface area contributed by atoms with Gasteiger partial charge in [0.1, 0.15) is 0 Å². The van der Waals surface area contributed by atoms with E-state index in [1.165, 1.54) is 11.1 Å². The number of benzene rings is 1. The number of phosphoric acid groups is 1. The predicted molar refractivity (Wildman–Crippen MR) is 54.6 cm³/mol. The Balaban J connectivity index is 0.000000292. The molecule has 0 atom stereocenters. The Bertz CT molecular complexity index is 319. The molecule has 0 spiro atoms. The molecule has 0 fully saturated rings. The molecule has 5 nitrogen and oxygen atoms in total. The van der Waals surface area contributed by atoms with Crippen LogP contribution < -0.4 is 5.73 Å². The number of aryl methyl sites for hydroxylation is 1. The zero-order valence-electron chi connectivity index (χ0n) is 8.01. The fourth-order valence-corrected chi connectivity index (χ4v) is 0.774.